The van der Waals surface area contributed by atoms with Crippen molar-refractivity contribution in [3.05, 3.63) is 24.3 Å². The number of carbonyl (C=O) groups excluding carboxylic acids is 1. The van der Waals surface area contributed by atoms with E-state index >= 15 is 0 Å². The summed E-state index contributed by atoms with van der Waals surface area (Å²) in [4.78, 5) is 13.4. The van der Waals surface area contributed by atoms with Crippen LogP contribution in [0.4, 0.5) is 10.5 Å². The van der Waals surface area contributed by atoms with Gasteiger partial charge in [-0.1, -0.05) is 24.4 Å². The molecule has 17 heavy (non-hydrogen) atoms. The maximum atomic E-state index is 11.8. The number of hydrogen-bond acceptors (Lipinski definition) is 3. The van der Waals surface area contributed by atoms with Crippen LogP contribution in [0.25, 0.3) is 0 Å². The Morgan fingerprint density at radius 1 is 1.53 bits per heavy atom. The van der Waals surface area contributed by atoms with Gasteiger partial charge >= 0.3 is 6.03 Å². The van der Waals surface area contributed by atoms with Crippen LogP contribution < -0.4 is 15.8 Å². The molecular weight excluding hydrogens is 238 g/mol. The number of nitrogens with two attached hydrogens (primary N) is 1. The molecule has 1 aromatic carbocycles. The summed E-state index contributed by atoms with van der Waals surface area (Å²) in [5.41, 5.74) is 5.97. The molecule has 0 fully saturated rings. The van der Waals surface area contributed by atoms with E-state index in [1.54, 1.807) is 26.3 Å². The van der Waals surface area contributed by atoms with Crippen molar-refractivity contribution >= 4 is 28.9 Å². The van der Waals surface area contributed by atoms with Gasteiger partial charge in [0.15, 0.2) is 0 Å². The number of amides is 2. The van der Waals surface area contributed by atoms with Gasteiger partial charge in [-0.15, -0.1) is 0 Å². The number of nitrogens with zero attached hydrogens (tertiary/aromatic N) is 1. The zero-order valence-electron chi connectivity index (χ0n) is 9.77. The van der Waals surface area contributed by atoms with E-state index in [-0.39, 0.29) is 17.6 Å². The van der Waals surface area contributed by atoms with E-state index in [9.17, 15) is 4.79 Å². The highest BCUT2D eigenvalue weighted by Gasteiger charge is 2.11. The van der Waals surface area contributed by atoms with Gasteiger partial charge in [-0.3, -0.25) is 0 Å². The van der Waals surface area contributed by atoms with Gasteiger partial charge in [0.25, 0.3) is 0 Å². The minimum Gasteiger partial charge on any atom is -0.495 e. The normalized spacial score (nSPS) is 9.53. The van der Waals surface area contributed by atoms with Crippen molar-refractivity contribution in [2.45, 2.75) is 0 Å². The molecule has 1 aromatic rings. The molecule has 0 bridgehead atoms. The van der Waals surface area contributed by atoms with Crippen molar-refractivity contribution in [3.8, 4) is 5.75 Å². The van der Waals surface area contributed by atoms with Crippen LogP contribution in [-0.2, 0) is 0 Å². The maximum absolute atomic E-state index is 11.8. The lowest BCUT2D eigenvalue weighted by molar-refractivity contribution is 0.228. The second-order valence-corrected chi connectivity index (χ2v) is 3.98. The highest BCUT2D eigenvalue weighted by Crippen LogP contribution is 2.23. The van der Waals surface area contributed by atoms with Crippen LogP contribution in [0, 0.1) is 0 Å². The number of thiocarbonyl (C=S) groups is 1. The van der Waals surface area contributed by atoms with Gasteiger partial charge in [0.1, 0.15) is 5.75 Å². The summed E-state index contributed by atoms with van der Waals surface area (Å²) in [7, 11) is 3.16. The molecule has 6 heteroatoms. The number of nitrogens with one attached hydrogen (secondary N) is 1. The Bertz CT molecular complexity index is 423. The van der Waals surface area contributed by atoms with Crippen LogP contribution >= 0.6 is 12.2 Å². The third kappa shape index (κ3) is 3.92. The van der Waals surface area contributed by atoms with E-state index in [4.69, 9.17) is 22.7 Å². The van der Waals surface area contributed by atoms with E-state index in [1.807, 2.05) is 12.1 Å². The predicted octanol–water partition coefficient (Wildman–Crippen LogP) is 1.44. The molecule has 2 amide bonds. The number of para-hydroxylation sites is 2. The molecule has 0 heterocycles. The van der Waals surface area contributed by atoms with E-state index in [2.05, 4.69) is 5.32 Å². The molecule has 0 saturated heterocycles. The molecule has 0 spiro atoms. The highest BCUT2D eigenvalue weighted by molar-refractivity contribution is 7.80. The van der Waals surface area contributed by atoms with E-state index in [0.29, 0.717) is 11.4 Å². The minimum atomic E-state index is -0.290. The summed E-state index contributed by atoms with van der Waals surface area (Å²) in [6.07, 6.45) is 0. The number of methoxy groups -OCH3 is 1. The first kappa shape index (κ1) is 13.2. The predicted molar refractivity (Wildman–Crippen MR) is 71.4 cm³/mol. The monoisotopic (exact) mass is 253 g/mol. The highest BCUT2D eigenvalue weighted by atomic mass is 32.1. The van der Waals surface area contributed by atoms with Crippen molar-refractivity contribution in [2.24, 2.45) is 5.73 Å². The maximum Gasteiger partial charge on any atom is 0.322 e. The summed E-state index contributed by atoms with van der Waals surface area (Å²) in [6.45, 7) is 0.232. The quantitative estimate of drug-likeness (QED) is 0.797. The molecule has 0 unspecified atom stereocenters. The number of rotatable bonds is 4. The van der Waals surface area contributed by atoms with E-state index in [0.717, 1.165) is 0 Å². The van der Waals surface area contributed by atoms with Crippen LogP contribution in [0.15, 0.2) is 24.3 Å². The van der Waals surface area contributed by atoms with Gasteiger partial charge in [0, 0.05) is 7.05 Å². The third-order valence-corrected chi connectivity index (χ3v) is 2.22. The Kier molecular flexibility index (Phi) is 4.71. The number of anilines is 1. The summed E-state index contributed by atoms with van der Waals surface area (Å²) in [6, 6.07) is 6.87. The number of carbonyl (C=O) groups is 1. The number of urea groups is 1. The van der Waals surface area contributed by atoms with Crippen LogP contribution in [0.1, 0.15) is 0 Å². The zero-order valence-corrected chi connectivity index (χ0v) is 10.6. The van der Waals surface area contributed by atoms with E-state index < -0.39 is 0 Å². The van der Waals surface area contributed by atoms with Gasteiger partial charge < -0.3 is 20.7 Å². The number of ether oxygens (including phenoxy) is 1. The fraction of sp³-hybridized carbons (Fsp3) is 0.273. The molecule has 0 atom stereocenters. The fourth-order valence-electron chi connectivity index (χ4n) is 1.26. The summed E-state index contributed by atoms with van der Waals surface area (Å²) < 4.78 is 5.12. The molecule has 0 aliphatic rings. The SMILES string of the molecule is COc1ccccc1NC(=O)N(C)CC(N)=S. The smallest absolute Gasteiger partial charge is 0.322 e. The number of benzene rings is 1. The van der Waals surface area contributed by atoms with Crippen LogP contribution in [-0.4, -0.2) is 36.6 Å². The molecule has 92 valence electrons. The molecule has 5 nitrogen and oxygen atoms in total. The summed E-state index contributed by atoms with van der Waals surface area (Å²) >= 11 is 4.74. The van der Waals surface area contributed by atoms with Crippen LogP contribution in [0.2, 0.25) is 0 Å². The van der Waals surface area contributed by atoms with Gasteiger partial charge in [-0.05, 0) is 12.1 Å². The Labute approximate surface area is 106 Å². The van der Waals surface area contributed by atoms with Gasteiger partial charge in [0.2, 0.25) is 0 Å². The molecule has 0 aromatic heterocycles. The second kappa shape index (κ2) is 6.05. The first-order valence-electron chi connectivity index (χ1n) is 4.98. The van der Waals surface area contributed by atoms with Crippen LogP contribution in [0.5, 0.6) is 5.75 Å². The van der Waals surface area contributed by atoms with Gasteiger partial charge in [-0.25, -0.2) is 4.79 Å². The molecule has 3 N–H and O–H groups in total. The Balaban J connectivity index is 2.70. The van der Waals surface area contributed by atoms with Crippen molar-refractivity contribution < 1.29 is 9.53 Å². The molecule has 0 radical (unpaired) electrons. The largest absolute Gasteiger partial charge is 0.495 e. The zero-order chi connectivity index (χ0) is 12.8. The van der Waals surface area contributed by atoms with Gasteiger partial charge in [0.05, 0.1) is 24.3 Å². The molecule has 0 aliphatic carbocycles. The minimum absolute atomic E-state index is 0.232. The number of likely N-dealkylation sites (N-methyl/N-ethyl adjacent to an activating group) is 1. The third-order valence-electron chi connectivity index (χ3n) is 2.09. The standard InChI is InChI=1S/C11H15N3O2S/c1-14(7-10(12)17)11(15)13-8-5-3-4-6-9(8)16-2/h3-6H,7H2,1-2H3,(H2,12,17)(H,13,15). The van der Waals surface area contributed by atoms with Crippen LogP contribution in [0.3, 0.4) is 0 Å². The van der Waals surface area contributed by atoms with Crippen molar-refractivity contribution in [2.75, 3.05) is 26.0 Å². The average molecular weight is 253 g/mol. The molecular formula is C11H15N3O2S. The first-order valence-corrected chi connectivity index (χ1v) is 5.39. The molecule has 0 saturated carbocycles. The second-order valence-electron chi connectivity index (χ2n) is 3.45. The molecule has 1 rings (SSSR count). The Hall–Kier alpha value is -1.82. The van der Waals surface area contributed by atoms with Crippen molar-refractivity contribution in [1.29, 1.82) is 0 Å². The number of hydrogen-bond donors (Lipinski definition) is 2. The van der Waals surface area contributed by atoms with E-state index in [1.165, 1.54) is 4.90 Å². The topological polar surface area (TPSA) is 67.6 Å². The van der Waals surface area contributed by atoms with Crippen molar-refractivity contribution in [1.82, 2.24) is 4.90 Å². The lowest BCUT2D eigenvalue weighted by Gasteiger charge is -2.18. The average Bonchev–Trinajstić information content (AvgIpc) is 2.28. The first-order chi connectivity index (χ1) is 8.04. The lowest BCUT2D eigenvalue weighted by atomic mass is 10.3. The fourth-order valence-corrected chi connectivity index (χ4v) is 1.46. The van der Waals surface area contributed by atoms with Crippen molar-refractivity contribution in [3.63, 3.8) is 0 Å². The Morgan fingerprint density at radius 2 is 2.18 bits per heavy atom. The van der Waals surface area contributed by atoms with Gasteiger partial charge in [-0.2, -0.15) is 0 Å². The Morgan fingerprint density at radius 3 is 2.76 bits per heavy atom. The summed E-state index contributed by atoms with van der Waals surface area (Å²) in [5, 5.41) is 2.71. The summed E-state index contributed by atoms with van der Waals surface area (Å²) in [5.74, 6) is 0.601. The molecule has 0 aliphatic heterocycles. The lowest BCUT2D eigenvalue weighted by Crippen LogP contribution is -2.37.